The summed E-state index contributed by atoms with van der Waals surface area (Å²) in [6.45, 7) is 1.66. The first-order valence-electron chi connectivity index (χ1n) is 13.1. The average molecular weight is 558 g/mol. The number of carboxylic acid groups (broad SMARTS) is 1. The van der Waals surface area contributed by atoms with Crippen molar-refractivity contribution in [2.24, 2.45) is 11.5 Å². The van der Waals surface area contributed by atoms with Gasteiger partial charge in [0.25, 0.3) is 0 Å². The molecule has 0 aromatic heterocycles. The molecule has 2 rings (SSSR count). The number of carboxylic acids is 1. The van der Waals surface area contributed by atoms with E-state index in [1.807, 2.05) is 0 Å². The summed E-state index contributed by atoms with van der Waals surface area (Å²) in [4.78, 5) is 50.8. The van der Waals surface area contributed by atoms with Crippen LogP contribution in [0.15, 0.2) is 54.6 Å². The predicted octanol–water partition coefficient (Wildman–Crippen LogP) is -0.446. The number of aliphatic hydroxyl groups excluding tert-OH is 1. The van der Waals surface area contributed by atoms with Crippen LogP contribution in [0.3, 0.4) is 0 Å². The number of phenols is 1. The number of amides is 3. The van der Waals surface area contributed by atoms with E-state index in [2.05, 4.69) is 16.0 Å². The number of rotatable bonds is 16. The van der Waals surface area contributed by atoms with E-state index in [0.29, 0.717) is 24.9 Å². The first-order valence-corrected chi connectivity index (χ1v) is 13.1. The average Bonchev–Trinajstić information content (AvgIpc) is 2.92. The molecule has 2 aromatic carbocycles. The van der Waals surface area contributed by atoms with E-state index in [4.69, 9.17) is 11.5 Å². The van der Waals surface area contributed by atoms with Gasteiger partial charge in [-0.25, -0.2) is 4.79 Å². The Morgan fingerprint density at radius 1 is 0.800 bits per heavy atom. The van der Waals surface area contributed by atoms with Crippen LogP contribution in [0.5, 0.6) is 5.75 Å². The maximum Gasteiger partial charge on any atom is 0.326 e. The molecule has 0 aliphatic rings. The molecule has 12 nitrogen and oxygen atoms in total. The lowest BCUT2D eigenvalue weighted by Gasteiger charge is -2.26. The molecule has 0 aliphatic carbocycles. The highest BCUT2D eigenvalue weighted by molar-refractivity contribution is 5.94. The van der Waals surface area contributed by atoms with Gasteiger partial charge in [0.05, 0.1) is 12.1 Å². The normalized spacial score (nSPS) is 14.7. The number of benzene rings is 2. The van der Waals surface area contributed by atoms with E-state index in [0.717, 1.165) is 5.56 Å². The predicted molar refractivity (Wildman–Crippen MR) is 148 cm³/mol. The maximum atomic E-state index is 13.3. The summed E-state index contributed by atoms with van der Waals surface area (Å²) < 4.78 is 0. The third-order valence-corrected chi connectivity index (χ3v) is 6.27. The largest absolute Gasteiger partial charge is 0.508 e. The number of carbonyl (C=O) groups is 4. The van der Waals surface area contributed by atoms with Gasteiger partial charge in [0.15, 0.2) is 0 Å². The number of aromatic hydroxyl groups is 1. The number of aliphatic carboxylic acids is 1. The monoisotopic (exact) mass is 557 g/mol. The molecule has 2 aromatic rings. The molecule has 218 valence electrons. The van der Waals surface area contributed by atoms with Crippen LogP contribution in [0.2, 0.25) is 0 Å². The minimum absolute atomic E-state index is 0.0648. The highest BCUT2D eigenvalue weighted by Gasteiger charge is 2.32. The summed E-state index contributed by atoms with van der Waals surface area (Å²) in [6, 6.07) is 10.2. The Kier molecular flexibility index (Phi) is 13.0. The molecule has 0 aliphatic heterocycles. The van der Waals surface area contributed by atoms with E-state index in [1.165, 1.54) is 19.1 Å². The fraction of sp³-hybridized carbons (Fsp3) is 0.429. The summed E-state index contributed by atoms with van der Waals surface area (Å²) in [6.07, 6.45) is 0.0126. The van der Waals surface area contributed by atoms with Gasteiger partial charge in [-0.2, -0.15) is 0 Å². The fourth-order valence-corrected chi connectivity index (χ4v) is 3.99. The topological polar surface area (TPSA) is 217 Å². The van der Waals surface area contributed by atoms with Crippen molar-refractivity contribution in [2.45, 2.75) is 69.3 Å². The van der Waals surface area contributed by atoms with Crippen molar-refractivity contribution < 1.29 is 34.5 Å². The Bertz CT molecular complexity index is 1110. The van der Waals surface area contributed by atoms with Crippen LogP contribution in [0.25, 0.3) is 0 Å². The highest BCUT2D eigenvalue weighted by atomic mass is 16.4. The number of phenolic OH excluding ortho intramolecular Hbond substituents is 1. The lowest BCUT2D eigenvalue weighted by molar-refractivity contribution is -0.143. The van der Waals surface area contributed by atoms with Gasteiger partial charge in [-0.3, -0.25) is 14.4 Å². The third kappa shape index (κ3) is 10.6. The maximum absolute atomic E-state index is 13.3. The van der Waals surface area contributed by atoms with Crippen molar-refractivity contribution >= 4 is 23.7 Å². The lowest BCUT2D eigenvalue weighted by atomic mass is 10.0. The van der Waals surface area contributed by atoms with Crippen LogP contribution in [0.4, 0.5) is 0 Å². The Balaban J connectivity index is 2.16. The van der Waals surface area contributed by atoms with E-state index in [9.17, 15) is 34.5 Å². The molecule has 0 saturated heterocycles. The molecule has 10 N–H and O–H groups in total. The fourth-order valence-electron chi connectivity index (χ4n) is 3.99. The van der Waals surface area contributed by atoms with Crippen molar-refractivity contribution in [3.8, 4) is 5.75 Å². The molecule has 0 spiro atoms. The summed E-state index contributed by atoms with van der Waals surface area (Å²) in [7, 11) is 0. The highest BCUT2D eigenvalue weighted by Crippen LogP contribution is 2.12. The molecule has 5 atom stereocenters. The molecule has 3 amide bonds. The van der Waals surface area contributed by atoms with Gasteiger partial charge in [0.2, 0.25) is 17.7 Å². The summed E-state index contributed by atoms with van der Waals surface area (Å²) >= 11 is 0. The Labute approximate surface area is 233 Å². The van der Waals surface area contributed by atoms with E-state index < -0.39 is 54.0 Å². The van der Waals surface area contributed by atoms with Gasteiger partial charge in [-0.05, 0) is 62.4 Å². The van der Waals surface area contributed by atoms with E-state index in [1.54, 1.807) is 42.5 Å². The second-order valence-electron chi connectivity index (χ2n) is 9.64. The number of carbonyl (C=O) groups excluding carboxylic acids is 3. The minimum atomic E-state index is -1.48. The van der Waals surface area contributed by atoms with Crippen molar-refractivity contribution in [2.75, 3.05) is 6.54 Å². The zero-order chi connectivity index (χ0) is 29.7. The number of hydrogen-bond acceptors (Lipinski definition) is 8. The van der Waals surface area contributed by atoms with Gasteiger partial charge >= 0.3 is 5.97 Å². The van der Waals surface area contributed by atoms with Gasteiger partial charge < -0.3 is 42.7 Å². The first-order chi connectivity index (χ1) is 19.0. The van der Waals surface area contributed by atoms with Crippen LogP contribution in [-0.2, 0) is 32.0 Å². The molecule has 0 bridgehead atoms. The molecule has 5 unspecified atom stereocenters. The molecule has 0 heterocycles. The molecular weight excluding hydrogens is 518 g/mol. The third-order valence-electron chi connectivity index (χ3n) is 6.27. The number of aliphatic hydroxyl groups is 1. The van der Waals surface area contributed by atoms with Gasteiger partial charge in [0, 0.05) is 6.42 Å². The Hall–Kier alpha value is -4.00. The van der Waals surface area contributed by atoms with Gasteiger partial charge in [-0.15, -0.1) is 0 Å². The standard InChI is InChI=1S/C28H39N5O7/c1-17(34)24(27(38)31-22(28(39)40)9-5-6-14-29)33-26(37)23(16-18-7-3-2-4-8-18)32-25(36)21(30)15-19-10-12-20(35)13-11-19/h2-4,7-8,10-13,17,21-24,34-35H,5-6,9,14-16,29-30H2,1H3,(H,31,38)(H,32,36)(H,33,37)(H,39,40). The van der Waals surface area contributed by atoms with Crippen molar-refractivity contribution in [1.82, 2.24) is 16.0 Å². The van der Waals surface area contributed by atoms with Crippen molar-refractivity contribution in [3.05, 3.63) is 65.7 Å². The SMILES string of the molecule is CC(O)C(NC(=O)C(Cc1ccccc1)NC(=O)C(N)Cc1ccc(O)cc1)C(=O)NC(CCCCN)C(=O)O. The number of nitrogens with one attached hydrogen (secondary N) is 3. The Morgan fingerprint density at radius 3 is 1.98 bits per heavy atom. The van der Waals surface area contributed by atoms with Gasteiger partial charge in [-0.1, -0.05) is 42.5 Å². The van der Waals surface area contributed by atoms with Crippen LogP contribution in [0, 0.1) is 0 Å². The van der Waals surface area contributed by atoms with Crippen LogP contribution in [0.1, 0.15) is 37.3 Å². The second kappa shape index (κ2) is 16.2. The smallest absolute Gasteiger partial charge is 0.326 e. The zero-order valence-corrected chi connectivity index (χ0v) is 22.5. The zero-order valence-electron chi connectivity index (χ0n) is 22.5. The Morgan fingerprint density at radius 2 is 1.40 bits per heavy atom. The molecule has 0 radical (unpaired) electrons. The molecule has 0 fully saturated rings. The summed E-state index contributed by atoms with van der Waals surface area (Å²) in [5, 5.41) is 36.6. The van der Waals surface area contributed by atoms with Crippen molar-refractivity contribution in [3.63, 3.8) is 0 Å². The molecular formula is C28H39N5O7. The number of unbranched alkanes of at least 4 members (excludes halogenated alkanes) is 1. The summed E-state index contributed by atoms with van der Waals surface area (Å²) in [5.41, 5.74) is 13.0. The first kappa shape index (κ1) is 32.2. The molecule has 40 heavy (non-hydrogen) atoms. The molecule has 12 heteroatoms. The quantitative estimate of drug-likeness (QED) is 0.125. The number of nitrogens with two attached hydrogens (primary N) is 2. The van der Waals surface area contributed by atoms with Gasteiger partial charge in [0.1, 0.15) is 23.9 Å². The lowest BCUT2D eigenvalue weighted by Crippen LogP contribution is -2.60. The minimum Gasteiger partial charge on any atom is -0.508 e. The second-order valence-corrected chi connectivity index (χ2v) is 9.64. The number of hydrogen-bond donors (Lipinski definition) is 8. The van der Waals surface area contributed by atoms with Crippen molar-refractivity contribution in [1.29, 1.82) is 0 Å². The van der Waals surface area contributed by atoms with E-state index >= 15 is 0 Å². The summed E-state index contributed by atoms with van der Waals surface area (Å²) in [5.74, 6) is -3.43. The van der Waals surface area contributed by atoms with Crippen LogP contribution in [-0.4, -0.2) is 75.8 Å². The van der Waals surface area contributed by atoms with Crippen LogP contribution >= 0.6 is 0 Å². The molecule has 0 saturated carbocycles. The van der Waals surface area contributed by atoms with Crippen LogP contribution < -0.4 is 27.4 Å². The van der Waals surface area contributed by atoms with E-state index in [-0.39, 0.29) is 25.0 Å².